The molecule has 114 valence electrons. The standard InChI is InChI=1S/C15H19ClN2O3/c1-15(2)6-3-7-18(12(15)14(20)21)11-5-4-9(16)8-10(11)13(17)19/h4-5,8,12H,3,6-7H2,1-2H3,(H2,17,19)(H,20,21). The molecule has 1 fully saturated rings. The molecule has 1 aromatic carbocycles. The first-order valence-corrected chi connectivity index (χ1v) is 7.20. The number of anilines is 1. The summed E-state index contributed by atoms with van der Waals surface area (Å²) in [6, 6.07) is 4.09. The normalized spacial score (nSPS) is 21.1. The van der Waals surface area contributed by atoms with Crippen LogP contribution in [0.15, 0.2) is 18.2 Å². The summed E-state index contributed by atoms with van der Waals surface area (Å²) in [6.45, 7) is 4.43. The number of primary amides is 1. The minimum absolute atomic E-state index is 0.256. The van der Waals surface area contributed by atoms with Crippen LogP contribution in [-0.4, -0.2) is 29.6 Å². The Morgan fingerprint density at radius 1 is 1.43 bits per heavy atom. The molecule has 1 aliphatic rings. The number of hydrogen-bond acceptors (Lipinski definition) is 3. The Labute approximate surface area is 128 Å². The number of carboxylic acid groups (broad SMARTS) is 1. The van der Waals surface area contributed by atoms with Gasteiger partial charge in [-0.15, -0.1) is 0 Å². The van der Waals surface area contributed by atoms with Crippen LogP contribution in [0.1, 0.15) is 37.0 Å². The molecule has 0 aliphatic carbocycles. The van der Waals surface area contributed by atoms with E-state index in [4.69, 9.17) is 17.3 Å². The van der Waals surface area contributed by atoms with Crippen molar-refractivity contribution in [2.24, 2.45) is 11.1 Å². The summed E-state index contributed by atoms with van der Waals surface area (Å²) >= 11 is 5.91. The Kier molecular flexibility index (Phi) is 4.14. The van der Waals surface area contributed by atoms with Gasteiger partial charge >= 0.3 is 5.97 Å². The van der Waals surface area contributed by atoms with Gasteiger partial charge in [-0.1, -0.05) is 25.4 Å². The van der Waals surface area contributed by atoms with E-state index in [1.807, 2.05) is 13.8 Å². The molecule has 2 rings (SSSR count). The Morgan fingerprint density at radius 3 is 2.67 bits per heavy atom. The van der Waals surface area contributed by atoms with Crippen molar-refractivity contribution in [1.82, 2.24) is 0 Å². The van der Waals surface area contributed by atoms with Crippen molar-refractivity contribution in [1.29, 1.82) is 0 Å². The highest BCUT2D eigenvalue weighted by molar-refractivity contribution is 6.31. The summed E-state index contributed by atoms with van der Waals surface area (Å²) in [6.07, 6.45) is 1.68. The third kappa shape index (κ3) is 2.97. The van der Waals surface area contributed by atoms with E-state index in [1.165, 1.54) is 6.07 Å². The van der Waals surface area contributed by atoms with Gasteiger partial charge < -0.3 is 15.7 Å². The van der Waals surface area contributed by atoms with Crippen LogP contribution in [0.5, 0.6) is 0 Å². The summed E-state index contributed by atoms with van der Waals surface area (Å²) < 4.78 is 0. The predicted molar refractivity (Wildman–Crippen MR) is 81.8 cm³/mol. The van der Waals surface area contributed by atoms with E-state index in [2.05, 4.69) is 0 Å². The first-order chi connectivity index (χ1) is 9.74. The first kappa shape index (κ1) is 15.6. The fourth-order valence-electron chi connectivity index (χ4n) is 3.08. The van der Waals surface area contributed by atoms with E-state index in [-0.39, 0.29) is 5.56 Å². The van der Waals surface area contributed by atoms with E-state index < -0.39 is 23.3 Å². The van der Waals surface area contributed by atoms with Gasteiger partial charge in [-0.25, -0.2) is 4.79 Å². The van der Waals surface area contributed by atoms with Crippen LogP contribution >= 0.6 is 11.6 Å². The van der Waals surface area contributed by atoms with Crippen molar-refractivity contribution in [2.45, 2.75) is 32.7 Å². The zero-order valence-corrected chi connectivity index (χ0v) is 12.9. The van der Waals surface area contributed by atoms with E-state index >= 15 is 0 Å². The van der Waals surface area contributed by atoms with E-state index in [0.717, 1.165) is 12.8 Å². The Balaban J connectivity index is 2.53. The maximum Gasteiger partial charge on any atom is 0.326 e. The van der Waals surface area contributed by atoms with Gasteiger partial charge in [0.25, 0.3) is 5.91 Å². The lowest BCUT2D eigenvalue weighted by Crippen LogP contribution is -2.54. The molecule has 1 unspecified atom stereocenters. The number of rotatable bonds is 3. The minimum atomic E-state index is -0.898. The largest absolute Gasteiger partial charge is 0.480 e. The summed E-state index contributed by atoms with van der Waals surface area (Å²) in [4.78, 5) is 25.1. The van der Waals surface area contributed by atoms with E-state index in [9.17, 15) is 14.7 Å². The lowest BCUT2D eigenvalue weighted by atomic mass is 9.76. The zero-order valence-electron chi connectivity index (χ0n) is 12.1. The third-order valence-electron chi connectivity index (χ3n) is 4.04. The van der Waals surface area contributed by atoms with Gasteiger partial charge in [-0.05, 0) is 36.5 Å². The number of amides is 1. The number of nitrogens with two attached hydrogens (primary N) is 1. The number of piperidine rings is 1. The van der Waals surface area contributed by atoms with Gasteiger partial charge in [0, 0.05) is 11.6 Å². The number of nitrogens with zero attached hydrogens (tertiary/aromatic N) is 1. The average molecular weight is 311 g/mol. The van der Waals surface area contributed by atoms with Crippen molar-refractivity contribution < 1.29 is 14.7 Å². The Bertz CT molecular complexity index is 586. The maximum atomic E-state index is 11.7. The number of halogens is 1. The lowest BCUT2D eigenvalue weighted by Gasteiger charge is -2.45. The number of carboxylic acids is 1. The monoisotopic (exact) mass is 310 g/mol. The molecule has 1 saturated heterocycles. The first-order valence-electron chi connectivity index (χ1n) is 6.83. The van der Waals surface area contributed by atoms with Crippen LogP contribution in [0, 0.1) is 5.41 Å². The number of carbonyl (C=O) groups is 2. The number of benzene rings is 1. The molecule has 0 saturated carbocycles. The molecule has 1 amide bonds. The van der Waals surface area contributed by atoms with Crippen LogP contribution in [0.4, 0.5) is 5.69 Å². The van der Waals surface area contributed by atoms with Gasteiger partial charge in [0.2, 0.25) is 0 Å². The number of hydrogen-bond donors (Lipinski definition) is 2. The molecule has 6 heteroatoms. The van der Waals surface area contributed by atoms with Crippen LogP contribution in [-0.2, 0) is 4.79 Å². The van der Waals surface area contributed by atoms with E-state index in [1.54, 1.807) is 17.0 Å². The van der Waals surface area contributed by atoms with Gasteiger partial charge in [-0.2, -0.15) is 0 Å². The highest BCUT2D eigenvalue weighted by atomic mass is 35.5. The third-order valence-corrected chi connectivity index (χ3v) is 4.27. The van der Waals surface area contributed by atoms with Crippen LogP contribution in [0.2, 0.25) is 5.02 Å². The highest BCUT2D eigenvalue weighted by Crippen LogP contribution is 2.39. The molecule has 3 N–H and O–H groups in total. The SMILES string of the molecule is CC1(C)CCCN(c2ccc(Cl)cc2C(N)=O)C1C(=O)O. The minimum Gasteiger partial charge on any atom is -0.480 e. The Hall–Kier alpha value is -1.75. The lowest BCUT2D eigenvalue weighted by molar-refractivity contribution is -0.142. The van der Waals surface area contributed by atoms with Crippen molar-refractivity contribution in [2.75, 3.05) is 11.4 Å². The zero-order chi connectivity index (χ0) is 15.8. The Morgan fingerprint density at radius 2 is 2.10 bits per heavy atom. The van der Waals surface area contributed by atoms with Crippen molar-refractivity contribution in [3.63, 3.8) is 0 Å². The van der Waals surface area contributed by atoms with Crippen LogP contribution < -0.4 is 10.6 Å². The molecular formula is C15H19ClN2O3. The van der Waals surface area contributed by atoms with Gasteiger partial charge in [0.15, 0.2) is 0 Å². The number of carbonyl (C=O) groups excluding carboxylic acids is 1. The quantitative estimate of drug-likeness (QED) is 0.898. The second kappa shape index (κ2) is 5.56. The molecule has 1 aliphatic heterocycles. The fourth-order valence-corrected chi connectivity index (χ4v) is 3.25. The topological polar surface area (TPSA) is 83.6 Å². The molecule has 1 heterocycles. The molecule has 1 atom stereocenters. The summed E-state index contributed by atoms with van der Waals surface area (Å²) in [5.41, 5.74) is 5.81. The summed E-state index contributed by atoms with van der Waals surface area (Å²) in [5.74, 6) is -1.51. The number of aliphatic carboxylic acids is 1. The summed E-state index contributed by atoms with van der Waals surface area (Å²) in [7, 11) is 0. The molecule has 0 spiro atoms. The van der Waals surface area contributed by atoms with Crippen molar-refractivity contribution >= 4 is 29.2 Å². The van der Waals surface area contributed by atoms with Gasteiger partial charge in [0.05, 0.1) is 11.3 Å². The smallest absolute Gasteiger partial charge is 0.326 e. The van der Waals surface area contributed by atoms with Crippen LogP contribution in [0.3, 0.4) is 0 Å². The second-order valence-corrected chi connectivity index (χ2v) is 6.49. The average Bonchev–Trinajstić information content (AvgIpc) is 2.36. The van der Waals surface area contributed by atoms with Crippen LogP contribution in [0.25, 0.3) is 0 Å². The molecule has 0 radical (unpaired) electrons. The summed E-state index contributed by atoms with van der Waals surface area (Å²) in [5, 5.41) is 10.0. The van der Waals surface area contributed by atoms with Gasteiger partial charge in [0.1, 0.15) is 6.04 Å². The maximum absolute atomic E-state index is 11.7. The highest BCUT2D eigenvalue weighted by Gasteiger charge is 2.43. The molecule has 0 aromatic heterocycles. The van der Waals surface area contributed by atoms with Crippen molar-refractivity contribution in [3.05, 3.63) is 28.8 Å². The fraction of sp³-hybridized carbons (Fsp3) is 0.467. The molecular weight excluding hydrogens is 292 g/mol. The molecule has 0 bridgehead atoms. The molecule has 1 aromatic rings. The second-order valence-electron chi connectivity index (χ2n) is 6.05. The predicted octanol–water partition coefficient (Wildman–Crippen LogP) is 2.52. The molecule has 21 heavy (non-hydrogen) atoms. The molecule has 5 nitrogen and oxygen atoms in total. The van der Waals surface area contributed by atoms with E-state index in [0.29, 0.717) is 17.3 Å². The van der Waals surface area contributed by atoms with Gasteiger partial charge in [-0.3, -0.25) is 4.79 Å². The van der Waals surface area contributed by atoms with Crippen molar-refractivity contribution in [3.8, 4) is 0 Å².